The molecule has 0 aliphatic heterocycles. The van der Waals surface area contributed by atoms with E-state index in [4.69, 9.17) is 4.42 Å². The van der Waals surface area contributed by atoms with E-state index in [1.807, 2.05) is 12.1 Å². The molecule has 2 aromatic rings. The molecule has 5 heteroatoms. The first kappa shape index (κ1) is 22.7. The minimum atomic E-state index is 0.474. The first-order chi connectivity index (χ1) is 14.3. The van der Waals surface area contributed by atoms with Gasteiger partial charge in [-0.15, -0.1) is 10.2 Å². The highest BCUT2D eigenvalue weighted by Gasteiger charge is 2.32. The van der Waals surface area contributed by atoms with E-state index in [0.29, 0.717) is 29.6 Å². The van der Waals surface area contributed by atoms with Gasteiger partial charge in [0.1, 0.15) is 0 Å². The Morgan fingerprint density at radius 1 is 1.13 bits per heavy atom. The number of benzene rings is 1. The minimum Gasteiger partial charge on any atom is -0.421 e. The summed E-state index contributed by atoms with van der Waals surface area (Å²) < 4.78 is 6.02. The molecule has 1 heterocycles. The monoisotopic (exact) mass is 410 g/mol. The lowest BCUT2D eigenvalue weighted by Gasteiger charge is -2.37. The highest BCUT2D eigenvalue weighted by Crippen LogP contribution is 2.38. The largest absolute Gasteiger partial charge is 0.421 e. The number of hydrogen-bond donors (Lipinski definition) is 1. The van der Waals surface area contributed by atoms with Crippen molar-refractivity contribution < 1.29 is 4.42 Å². The van der Waals surface area contributed by atoms with Crippen molar-refractivity contribution in [3.8, 4) is 11.5 Å². The number of hydrogen-bond acceptors (Lipinski definition) is 5. The maximum Gasteiger partial charge on any atom is 0.247 e. The molecule has 0 saturated heterocycles. The molecule has 0 radical (unpaired) electrons. The second-order valence-electron chi connectivity index (χ2n) is 9.49. The maximum absolute atomic E-state index is 6.02. The van der Waals surface area contributed by atoms with Crippen LogP contribution in [0.1, 0.15) is 38.6 Å². The van der Waals surface area contributed by atoms with E-state index in [1.165, 1.54) is 17.6 Å². The number of nitrogens with one attached hydrogen (secondary N) is 1. The molecule has 5 nitrogen and oxygen atoms in total. The number of rotatable bonds is 9. The highest BCUT2D eigenvalue weighted by molar-refractivity contribution is 5.52. The minimum absolute atomic E-state index is 0.474. The summed E-state index contributed by atoms with van der Waals surface area (Å²) >= 11 is 0. The lowest BCUT2D eigenvalue weighted by molar-refractivity contribution is 0.217. The molecule has 1 aromatic heterocycles. The van der Waals surface area contributed by atoms with E-state index in [-0.39, 0.29) is 0 Å². The van der Waals surface area contributed by atoms with Crippen molar-refractivity contribution in [1.82, 2.24) is 20.4 Å². The molecule has 1 aliphatic carbocycles. The van der Waals surface area contributed by atoms with E-state index < -0.39 is 0 Å². The van der Waals surface area contributed by atoms with Gasteiger partial charge in [-0.05, 0) is 70.2 Å². The number of nitrogens with zero attached hydrogens (tertiary/aromatic N) is 3. The molecule has 0 amide bonds. The van der Waals surface area contributed by atoms with E-state index in [9.17, 15) is 0 Å². The molecule has 0 saturated carbocycles. The predicted octanol–water partition coefficient (Wildman–Crippen LogP) is 4.59. The average molecular weight is 411 g/mol. The zero-order valence-corrected chi connectivity index (χ0v) is 19.5. The second kappa shape index (κ2) is 10.4. The lowest BCUT2D eigenvalue weighted by atomic mass is 9.70. The van der Waals surface area contributed by atoms with Crippen LogP contribution >= 0.6 is 0 Å². The third-order valence-electron chi connectivity index (χ3n) is 6.39. The Hall–Kier alpha value is -1.98. The summed E-state index contributed by atoms with van der Waals surface area (Å²) in [5, 5.41) is 12.3. The average Bonchev–Trinajstić information content (AvgIpc) is 3.15. The van der Waals surface area contributed by atoms with Crippen LogP contribution in [-0.4, -0.2) is 48.8 Å². The SMILES string of the molecule is CC1=CC(CNCCN(C)C)C(C(C)C)CC1Cc1nnc(-c2ccc(C)cc2)o1. The summed E-state index contributed by atoms with van der Waals surface area (Å²) in [5.41, 5.74) is 3.67. The van der Waals surface area contributed by atoms with Crippen LogP contribution in [0.15, 0.2) is 40.3 Å². The molecular formula is C25H38N4O. The standard InChI is InChI=1S/C25H38N4O/c1-17(2)23-14-21(19(4)13-22(23)16-26-11-12-29(5)6)15-24-27-28-25(30-24)20-9-7-18(3)8-10-20/h7-10,13,17,21-23,26H,11-12,14-16H2,1-6H3. The van der Waals surface area contributed by atoms with E-state index >= 15 is 0 Å². The van der Waals surface area contributed by atoms with Crippen molar-refractivity contribution in [3.63, 3.8) is 0 Å². The first-order valence-corrected chi connectivity index (χ1v) is 11.3. The Morgan fingerprint density at radius 2 is 1.87 bits per heavy atom. The van der Waals surface area contributed by atoms with Gasteiger partial charge in [0.25, 0.3) is 0 Å². The van der Waals surface area contributed by atoms with Gasteiger partial charge >= 0.3 is 0 Å². The Morgan fingerprint density at radius 3 is 2.53 bits per heavy atom. The van der Waals surface area contributed by atoms with Crippen molar-refractivity contribution in [3.05, 3.63) is 47.4 Å². The fourth-order valence-electron chi connectivity index (χ4n) is 4.44. The maximum atomic E-state index is 6.02. The summed E-state index contributed by atoms with van der Waals surface area (Å²) in [6.07, 6.45) is 4.51. The van der Waals surface area contributed by atoms with Gasteiger partial charge in [0.05, 0.1) is 0 Å². The Balaban J connectivity index is 1.65. The topological polar surface area (TPSA) is 54.2 Å². The summed E-state index contributed by atoms with van der Waals surface area (Å²) in [6.45, 7) is 12.2. The van der Waals surface area contributed by atoms with Crippen LogP contribution in [0.4, 0.5) is 0 Å². The third-order valence-corrected chi connectivity index (χ3v) is 6.39. The summed E-state index contributed by atoms with van der Waals surface area (Å²) in [6, 6.07) is 8.24. The van der Waals surface area contributed by atoms with Crippen LogP contribution in [0.2, 0.25) is 0 Å². The summed E-state index contributed by atoms with van der Waals surface area (Å²) in [4.78, 5) is 2.22. The highest BCUT2D eigenvalue weighted by atomic mass is 16.4. The molecule has 0 spiro atoms. The van der Waals surface area contributed by atoms with Gasteiger partial charge in [-0.3, -0.25) is 0 Å². The molecule has 0 bridgehead atoms. The predicted molar refractivity (Wildman–Crippen MR) is 123 cm³/mol. The second-order valence-corrected chi connectivity index (χ2v) is 9.49. The van der Waals surface area contributed by atoms with E-state index in [0.717, 1.165) is 37.5 Å². The van der Waals surface area contributed by atoms with E-state index in [2.05, 4.69) is 80.4 Å². The Kier molecular flexibility index (Phi) is 7.84. The van der Waals surface area contributed by atoms with Gasteiger partial charge in [-0.25, -0.2) is 0 Å². The van der Waals surface area contributed by atoms with Crippen LogP contribution in [0.3, 0.4) is 0 Å². The number of allylic oxidation sites excluding steroid dienone is 1. The fraction of sp³-hybridized carbons (Fsp3) is 0.600. The van der Waals surface area contributed by atoms with Crippen LogP contribution in [0, 0.1) is 30.6 Å². The van der Waals surface area contributed by atoms with Gasteiger partial charge in [0.2, 0.25) is 11.8 Å². The molecule has 30 heavy (non-hydrogen) atoms. The zero-order chi connectivity index (χ0) is 21.7. The molecule has 3 atom stereocenters. The number of aryl methyl sites for hydroxylation is 1. The molecule has 3 unspecified atom stereocenters. The molecule has 1 aliphatic rings. The van der Waals surface area contributed by atoms with Gasteiger partial charge < -0.3 is 14.6 Å². The summed E-state index contributed by atoms with van der Waals surface area (Å²) in [7, 11) is 4.24. The molecule has 164 valence electrons. The Labute approximate surface area is 182 Å². The smallest absolute Gasteiger partial charge is 0.247 e. The number of likely N-dealkylation sites (N-methyl/N-ethyl adjacent to an activating group) is 1. The number of aromatic nitrogens is 2. The quantitative estimate of drug-likeness (QED) is 0.484. The molecular weight excluding hydrogens is 372 g/mol. The van der Waals surface area contributed by atoms with Gasteiger partial charge in [-0.1, -0.05) is 43.2 Å². The molecule has 3 rings (SSSR count). The first-order valence-electron chi connectivity index (χ1n) is 11.3. The van der Waals surface area contributed by atoms with Gasteiger partial charge in [0.15, 0.2) is 0 Å². The van der Waals surface area contributed by atoms with Crippen LogP contribution in [0.5, 0.6) is 0 Å². The normalized spacial score (nSPS) is 22.0. The van der Waals surface area contributed by atoms with Crippen LogP contribution in [-0.2, 0) is 6.42 Å². The Bertz CT molecular complexity index is 822. The van der Waals surface area contributed by atoms with E-state index in [1.54, 1.807) is 0 Å². The lowest BCUT2D eigenvalue weighted by Crippen LogP contribution is -2.37. The van der Waals surface area contributed by atoms with Gasteiger partial charge in [0, 0.05) is 31.6 Å². The van der Waals surface area contributed by atoms with Crippen LogP contribution < -0.4 is 5.32 Å². The summed E-state index contributed by atoms with van der Waals surface area (Å²) in [5.74, 6) is 3.75. The van der Waals surface area contributed by atoms with Crippen LogP contribution in [0.25, 0.3) is 11.5 Å². The molecule has 1 aromatic carbocycles. The molecule has 1 N–H and O–H groups in total. The van der Waals surface area contributed by atoms with Crippen molar-refractivity contribution in [2.24, 2.45) is 23.7 Å². The third kappa shape index (κ3) is 6.02. The van der Waals surface area contributed by atoms with Crippen molar-refractivity contribution in [1.29, 1.82) is 0 Å². The van der Waals surface area contributed by atoms with Crippen molar-refractivity contribution in [2.45, 2.75) is 40.5 Å². The van der Waals surface area contributed by atoms with Crippen molar-refractivity contribution in [2.75, 3.05) is 33.7 Å². The van der Waals surface area contributed by atoms with Crippen molar-refractivity contribution >= 4 is 0 Å². The molecule has 0 fully saturated rings. The van der Waals surface area contributed by atoms with Gasteiger partial charge in [-0.2, -0.15) is 0 Å². The fourth-order valence-corrected chi connectivity index (χ4v) is 4.44. The zero-order valence-electron chi connectivity index (χ0n) is 19.5.